The van der Waals surface area contributed by atoms with E-state index < -0.39 is 0 Å². The number of carbonyl (C=O) groups excluding carboxylic acids is 1. The Morgan fingerprint density at radius 3 is 3.11 bits per heavy atom. The maximum atomic E-state index is 12.2. The average Bonchev–Trinajstić information content (AvgIpc) is 3.14. The standard InChI is InChI=1S/C20H21N7O/c1-14-16(5-4-9-26(14)20(28)7-8-21)24-19-13-22-12-17(25-19)15-11-23-27-10-3-2-6-18(15)27/h2-3,6,10-14,16H,4-5,7,9H2,1H3,(H,24,25)/t14-,16-/m1/s1. The summed E-state index contributed by atoms with van der Waals surface area (Å²) in [5, 5.41) is 16.6. The van der Waals surface area contributed by atoms with Crippen molar-refractivity contribution in [1.82, 2.24) is 24.5 Å². The second kappa shape index (κ2) is 7.64. The number of hydrogen-bond acceptors (Lipinski definition) is 6. The Hall–Kier alpha value is -3.47. The van der Waals surface area contributed by atoms with Crippen molar-refractivity contribution < 1.29 is 4.79 Å². The number of carbonyl (C=O) groups is 1. The quantitative estimate of drug-likeness (QED) is 0.752. The van der Waals surface area contributed by atoms with Gasteiger partial charge in [-0.3, -0.25) is 9.78 Å². The molecule has 2 atom stereocenters. The summed E-state index contributed by atoms with van der Waals surface area (Å²) in [6.07, 6.45) is 8.83. The van der Waals surface area contributed by atoms with Crippen molar-refractivity contribution >= 4 is 17.2 Å². The van der Waals surface area contributed by atoms with Gasteiger partial charge in [-0.25, -0.2) is 9.50 Å². The molecule has 4 rings (SSSR count). The van der Waals surface area contributed by atoms with Gasteiger partial charge in [0.1, 0.15) is 12.2 Å². The molecule has 28 heavy (non-hydrogen) atoms. The van der Waals surface area contributed by atoms with E-state index in [0.717, 1.165) is 29.6 Å². The number of anilines is 1. The van der Waals surface area contributed by atoms with Crippen LogP contribution in [-0.4, -0.2) is 49.0 Å². The summed E-state index contributed by atoms with van der Waals surface area (Å²) < 4.78 is 1.80. The molecular formula is C20H21N7O. The SMILES string of the molecule is C[C@@H]1[C@H](Nc2cncc(-c3cnn4ccccc34)n2)CCCN1C(=O)CC#N. The molecule has 1 N–H and O–H groups in total. The largest absolute Gasteiger partial charge is 0.364 e. The third-order valence-electron chi connectivity index (χ3n) is 5.21. The van der Waals surface area contributed by atoms with E-state index in [1.54, 1.807) is 28.0 Å². The van der Waals surface area contributed by atoms with Crippen LogP contribution in [0.1, 0.15) is 26.2 Å². The third kappa shape index (κ3) is 3.39. The summed E-state index contributed by atoms with van der Waals surface area (Å²) in [7, 11) is 0. The molecule has 142 valence electrons. The van der Waals surface area contributed by atoms with Crippen LogP contribution in [-0.2, 0) is 4.79 Å². The van der Waals surface area contributed by atoms with Crippen LogP contribution in [0.4, 0.5) is 5.82 Å². The molecule has 8 nitrogen and oxygen atoms in total. The number of rotatable bonds is 4. The van der Waals surface area contributed by atoms with Gasteiger partial charge in [-0.05, 0) is 31.9 Å². The van der Waals surface area contributed by atoms with Gasteiger partial charge < -0.3 is 10.2 Å². The van der Waals surface area contributed by atoms with Crippen molar-refractivity contribution in [3.05, 3.63) is 43.0 Å². The van der Waals surface area contributed by atoms with Gasteiger partial charge in [0.2, 0.25) is 5.91 Å². The zero-order valence-electron chi connectivity index (χ0n) is 15.6. The van der Waals surface area contributed by atoms with Crippen molar-refractivity contribution in [3.8, 4) is 17.3 Å². The van der Waals surface area contributed by atoms with Crippen molar-refractivity contribution in [2.24, 2.45) is 0 Å². The summed E-state index contributed by atoms with van der Waals surface area (Å²) in [5.41, 5.74) is 2.62. The molecule has 1 aliphatic rings. The molecule has 1 amide bonds. The molecule has 0 saturated carbocycles. The monoisotopic (exact) mass is 375 g/mol. The maximum absolute atomic E-state index is 12.2. The lowest BCUT2D eigenvalue weighted by Gasteiger charge is -2.39. The number of hydrogen-bond donors (Lipinski definition) is 1. The van der Waals surface area contributed by atoms with Gasteiger partial charge in [-0.1, -0.05) is 6.07 Å². The van der Waals surface area contributed by atoms with Gasteiger partial charge in [0.05, 0.1) is 35.9 Å². The van der Waals surface area contributed by atoms with Crippen LogP contribution in [0, 0.1) is 11.3 Å². The van der Waals surface area contributed by atoms with Crippen LogP contribution in [0.3, 0.4) is 0 Å². The number of nitriles is 1. The molecule has 0 spiro atoms. The van der Waals surface area contributed by atoms with E-state index >= 15 is 0 Å². The third-order valence-corrected chi connectivity index (χ3v) is 5.21. The lowest BCUT2D eigenvalue weighted by atomic mass is 9.97. The summed E-state index contributed by atoms with van der Waals surface area (Å²) >= 11 is 0. The van der Waals surface area contributed by atoms with E-state index in [4.69, 9.17) is 10.2 Å². The second-order valence-electron chi connectivity index (χ2n) is 6.93. The Labute approximate surface area is 162 Å². The fourth-order valence-corrected chi connectivity index (χ4v) is 3.74. The molecule has 0 aliphatic carbocycles. The molecule has 4 heterocycles. The molecule has 1 aliphatic heterocycles. The number of nitrogens with one attached hydrogen (secondary N) is 1. The lowest BCUT2D eigenvalue weighted by molar-refractivity contribution is -0.133. The predicted molar refractivity (Wildman–Crippen MR) is 104 cm³/mol. The fourth-order valence-electron chi connectivity index (χ4n) is 3.74. The van der Waals surface area contributed by atoms with Gasteiger partial charge in [0.25, 0.3) is 0 Å². The van der Waals surface area contributed by atoms with E-state index in [0.29, 0.717) is 12.4 Å². The Kier molecular flexibility index (Phi) is 4.89. The molecule has 3 aromatic rings. The average molecular weight is 375 g/mol. The number of nitrogens with zero attached hydrogens (tertiary/aromatic N) is 6. The highest BCUT2D eigenvalue weighted by atomic mass is 16.2. The molecule has 0 aromatic carbocycles. The first-order valence-electron chi connectivity index (χ1n) is 9.35. The van der Waals surface area contributed by atoms with E-state index in [1.165, 1.54) is 0 Å². The normalized spacial score (nSPS) is 19.4. The zero-order chi connectivity index (χ0) is 19.5. The zero-order valence-corrected chi connectivity index (χ0v) is 15.6. The number of piperidine rings is 1. The first-order chi connectivity index (χ1) is 13.7. The molecule has 3 aromatic heterocycles. The van der Waals surface area contributed by atoms with E-state index in [-0.39, 0.29) is 24.4 Å². The van der Waals surface area contributed by atoms with Gasteiger partial charge in [-0.15, -0.1) is 0 Å². The Morgan fingerprint density at radius 1 is 1.36 bits per heavy atom. The molecule has 0 bridgehead atoms. The number of likely N-dealkylation sites (tertiary alicyclic amines) is 1. The van der Waals surface area contributed by atoms with Crippen LogP contribution in [0.15, 0.2) is 43.0 Å². The molecule has 0 radical (unpaired) electrons. The van der Waals surface area contributed by atoms with Gasteiger partial charge in [0.15, 0.2) is 0 Å². The van der Waals surface area contributed by atoms with Crippen molar-refractivity contribution in [2.75, 3.05) is 11.9 Å². The topological polar surface area (TPSA) is 99.2 Å². The first kappa shape index (κ1) is 17.9. The minimum atomic E-state index is -0.118. The van der Waals surface area contributed by atoms with Crippen molar-refractivity contribution in [2.45, 2.75) is 38.3 Å². The van der Waals surface area contributed by atoms with Gasteiger partial charge in [0, 0.05) is 30.4 Å². The molecular weight excluding hydrogens is 354 g/mol. The number of aromatic nitrogens is 4. The molecule has 1 fully saturated rings. The second-order valence-corrected chi connectivity index (χ2v) is 6.93. The van der Waals surface area contributed by atoms with Crippen LogP contribution in [0.25, 0.3) is 16.8 Å². The number of fused-ring (bicyclic) bond motifs is 1. The number of amides is 1. The van der Waals surface area contributed by atoms with Crippen LogP contribution in [0.5, 0.6) is 0 Å². The minimum Gasteiger partial charge on any atom is -0.364 e. The summed E-state index contributed by atoms with van der Waals surface area (Å²) in [4.78, 5) is 23.0. The first-order valence-corrected chi connectivity index (χ1v) is 9.35. The summed E-state index contributed by atoms with van der Waals surface area (Å²) in [5.74, 6) is 0.548. The van der Waals surface area contributed by atoms with Gasteiger partial charge in [-0.2, -0.15) is 10.4 Å². The highest BCUT2D eigenvalue weighted by molar-refractivity contribution is 5.79. The molecule has 8 heteroatoms. The summed E-state index contributed by atoms with van der Waals surface area (Å²) in [6.45, 7) is 2.70. The maximum Gasteiger partial charge on any atom is 0.237 e. The number of pyridine rings is 1. The lowest BCUT2D eigenvalue weighted by Crippen LogP contribution is -2.52. The molecule has 0 unspecified atom stereocenters. The predicted octanol–water partition coefficient (Wildman–Crippen LogP) is 2.50. The van der Waals surface area contributed by atoms with Crippen LogP contribution < -0.4 is 5.32 Å². The Balaban J connectivity index is 1.55. The Morgan fingerprint density at radius 2 is 2.25 bits per heavy atom. The Bertz CT molecular complexity index is 1040. The van der Waals surface area contributed by atoms with Crippen LogP contribution >= 0.6 is 0 Å². The fraction of sp³-hybridized carbons (Fsp3) is 0.350. The highest BCUT2D eigenvalue weighted by Crippen LogP contribution is 2.25. The van der Waals surface area contributed by atoms with E-state index in [2.05, 4.69) is 15.4 Å². The van der Waals surface area contributed by atoms with Crippen molar-refractivity contribution in [3.63, 3.8) is 0 Å². The van der Waals surface area contributed by atoms with Crippen molar-refractivity contribution in [1.29, 1.82) is 5.26 Å². The van der Waals surface area contributed by atoms with Crippen LogP contribution in [0.2, 0.25) is 0 Å². The van der Waals surface area contributed by atoms with E-state index in [9.17, 15) is 4.79 Å². The highest BCUT2D eigenvalue weighted by Gasteiger charge is 2.31. The van der Waals surface area contributed by atoms with Gasteiger partial charge >= 0.3 is 0 Å². The molecule has 1 saturated heterocycles. The summed E-state index contributed by atoms with van der Waals surface area (Å²) in [6, 6.07) is 7.87. The van der Waals surface area contributed by atoms with E-state index in [1.807, 2.05) is 37.4 Å². The minimum absolute atomic E-state index is 0.0166. The smallest absolute Gasteiger partial charge is 0.237 e.